The van der Waals surface area contributed by atoms with Crippen LogP contribution in [0.1, 0.15) is 38.3 Å². The van der Waals surface area contributed by atoms with Crippen molar-refractivity contribution in [3.8, 4) is 5.75 Å². The zero-order valence-corrected chi connectivity index (χ0v) is 11.5. The van der Waals surface area contributed by atoms with Crippen molar-refractivity contribution in [1.29, 1.82) is 0 Å². The summed E-state index contributed by atoms with van der Waals surface area (Å²) < 4.78 is 0.941. The zero-order valence-electron chi connectivity index (χ0n) is 9.88. The fraction of sp³-hybridized carbons (Fsp3) is 0.462. The van der Waals surface area contributed by atoms with E-state index in [1.807, 2.05) is 12.1 Å². The molecule has 0 heterocycles. The first-order chi connectivity index (χ1) is 7.36. The zero-order chi connectivity index (χ0) is 12.3. The number of aryl methyl sites for hydroxylation is 1. The molecule has 0 spiro atoms. The predicted octanol–water partition coefficient (Wildman–Crippen LogP) is 3.58. The van der Waals surface area contributed by atoms with E-state index in [1.54, 1.807) is 0 Å². The number of carbonyl (C=O) groups is 1. The Balaban J connectivity index is 3.21. The summed E-state index contributed by atoms with van der Waals surface area (Å²) in [5, 5.41) is 10.1. The lowest BCUT2D eigenvalue weighted by atomic mass is 9.85. The Hall–Kier alpha value is -0.830. The fourth-order valence-corrected chi connectivity index (χ4v) is 2.14. The van der Waals surface area contributed by atoms with E-state index in [9.17, 15) is 9.90 Å². The molecule has 1 aromatic rings. The lowest BCUT2D eigenvalue weighted by Crippen LogP contribution is -2.12. The number of carbonyl (C=O) groups excluding carboxylic acids is 1. The smallest absolute Gasteiger partial charge is 0.122 e. The highest BCUT2D eigenvalue weighted by Crippen LogP contribution is 2.36. The summed E-state index contributed by atoms with van der Waals surface area (Å²) in [6, 6.07) is 3.80. The lowest BCUT2D eigenvalue weighted by molar-refractivity contribution is -0.107. The molecule has 3 heteroatoms. The predicted molar refractivity (Wildman–Crippen MR) is 68.9 cm³/mol. The normalized spacial score (nSPS) is 11.5. The first kappa shape index (κ1) is 13.2. The molecule has 0 bridgehead atoms. The number of benzene rings is 1. The molecule has 0 fully saturated rings. The van der Waals surface area contributed by atoms with Crippen molar-refractivity contribution in [1.82, 2.24) is 0 Å². The van der Waals surface area contributed by atoms with Gasteiger partial charge >= 0.3 is 0 Å². The van der Waals surface area contributed by atoms with Gasteiger partial charge in [-0.1, -0.05) is 36.7 Å². The summed E-state index contributed by atoms with van der Waals surface area (Å²) in [5.74, 6) is 0.317. The molecule has 0 radical (unpaired) electrons. The second kappa shape index (κ2) is 5.00. The van der Waals surface area contributed by atoms with E-state index >= 15 is 0 Å². The molecule has 0 aliphatic carbocycles. The van der Waals surface area contributed by atoms with Gasteiger partial charge in [0.05, 0.1) is 0 Å². The molecule has 0 aliphatic heterocycles. The minimum absolute atomic E-state index is 0.107. The summed E-state index contributed by atoms with van der Waals surface area (Å²) in [6.07, 6.45) is 1.89. The van der Waals surface area contributed by atoms with E-state index in [4.69, 9.17) is 0 Å². The molecule has 0 aliphatic rings. The molecule has 0 saturated carbocycles. The minimum atomic E-state index is -0.107. The highest BCUT2D eigenvalue weighted by atomic mass is 79.9. The number of halogens is 1. The summed E-state index contributed by atoms with van der Waals surface area (Å²) in [5.41, 5.74) is 1.62. The average molecular weight is 285 g/mol. The number of aldehydes is 1. The fourth-order valence-electron chi connectivity index (χ4n) is 1.63. The largest absolute Gasteiger partial charge is 0.507 e. The van der Waals surface area contributed by atoms with Crippen molar-refractivity contribution in [2.24, 2.45) is 0 Å². The Morgan fingerprint density at radius 3 is 2.50 bits per heavy atom. The number of hydrogen-bond acceptors (Lipinski definition) is 2. The van der Waals surface area contributed by atoms with Gasteiger partial charge in [-0.05, 0) is 29.5 Å². The van der Waals surface area contributed by atoms with Gasteiger partial charge < -0.3 is 9.90 Å². The van der Waals surface area contributed by atoms with Crippen molar-refractivity contribution >= 4 is 22.2 Å². The molecule has 2 nitrogen and oxygen atoms in total. The van der Waals surface area contributed by atoms with Gasteiger partial charge in [0.25, 0.3) is 0 Å². The molecule has 1 aromatic carbocycles. The van der Waals surface area contributed by atoms with Crippen LogP contribution in [0.3, 0.4) is 0 Å². The molecule has 16 heavy (non-hydrogen) atoms. The minimum Gasteiger partial charge on any atom is -0.507 e. The third-order valence-corrected chi connectivity index (χ3v) is 2.95. The van der Waals surface area contributed by atoms with Crippen LogP contribution in [0.4, 0.5) is 0 Å². The molecule has 0 saturated heterocycles. The van der Waals surface area contributed by atoms with E-state index in [0.29, 0.717) is 18.6 Å². The molecule has 0 amide bonds. The molecule has 1 rings (SSSR count). The monoisotopic (exact) mass is 284 g/mol. The van der Waals surface area contributed by atoms with Gasteiger partial charge in [-0.15, -0.1) is 0 Å². The SMILES string of the molecule is CC(C)(C)c1cc(Br)cc(CCC=O)c1O. The average Bonchev–Trinajstić information content (AvgIpc) is 2.17. The topological polar surface area (TPSA) is 37.3 Å². The van der Waals surface area contributed by atoms with Crippen molar-refractivity contribution in [2.45, 2.75) is 39.0 Å². The van der Waals surface area contributed by atoms with Gasteiger partial charge in [0, 0.05) is 16.5 Å². The third-order valence-electron chi connectivity index (χ3n) is 2.49. The maximum atomic E-state index is 10.4. The summed E-state index contributed by atoms with van der Waals surface area (Å²) >= 11 is 3.43. The quantitative estimate of drug-likeness (QED) is 0.862. The molecule has 1 N–H and O–H groups in total. The first-order valence-electron chi connectivity index (χ1n) is 5.31. The molecule has 0 unspecified atom stereocenters. The summed E-state index contributed by atoms with van der Waals surface area (Å²) in [7, 11) is 0. The second-order valence-corrected chi connectivity index (χ2v) is 5.83. The van der Waals surface area contributed by atoms with Crippen LogP contribution in [0.25, 0.3) is 0 Å². The highest BCUT2D eigenvalue weighted by Gasteiger charge is 2.20. The van der Waals surface area contributed by atoms with E-state index in [1.165, 1.54) is 0 Å². The Morgan fingerprint density at radius 1 is 1.38 bits per heavy atom. The van der Waals surface area contributed by atoms with Gasteiger partial charge in [0.2, 0.25) is 0 Å². The van der Waals surface area contributed by atoms with Crippen LogP contribution in [0.5, 0.6) is 5.75 Å². The summed E-state index contributed by atoms with van der Waals surface area (Å²) in [6.45, 7) is 6.16. The molecule has 0 aromatic heterocycles. The van der Waals surface area contributed by atoms with Crippen LogP contribution >= 0.6 is 15.9 Å². The molecule has 0 atom stereocenters. The van der Waals surface area contributed by atoms with Gasteiger partial charge in [0.15, 0.2) is 0 Å². The maximum absolute atomic E-state index is 10.4. The van der Waals surface area contributed by atoms with Gasteiger partial charge in [-0.3, -0.25) is 0 Å². The van der Waals surface area contributed by atoms with E-state index < -0.39 is 0 Å². The summed E-state index contributed by atoms with van der Waals surface area (Å²) in [4.78, 5) is 10.4. The molecule has 88 valence electrons. The highest BCUT2D eigenvalue weighted by molar-refractivity contribution is 9.10. The van der Waals surface area contributed by atoms with Crippen LogP contribution in [-0.4, -0.2) is 11.4 Å². The number of phenolic OH excluding ortho intramolecular Hbond substituents is 1. The lowest BCUT2D eigenvalue weighted by Gasteiger charge is -2.22. The second-order valence-electron chi connectivity index (χ2n) is 4.92. The van der Waals surface area contributed by atoms with Crippen LogP contribution in [-0.2, 0) is 16.6 Å². The Kier molecular flexibility index (Phi) is 4.14. The standard InChI is InChI=1S/C13H17BrO2/c1-13(2,3)11-8-10(14)7-9(12(11)16)5-4-6-15/h6-8,16H,4-5H2,1-3H3. The van der Waals surface area contributed by atoms with Gasteiger partial charge in [-0.2, -0.15) is 0 Å². The van der Waals surface area contributed by atoms with E-state index in [0.717, 1.165) is 21.9 Å². The maximum Gasteiger partial charge on any atom is 0.122 e. The van der Waals surface area contributed by atoms with E-state index in [2.05, 4.69) is 36.7 Å². The van der Waals surface area contributed by atoms with Crippen LogP contribution in [0.2, 0.25) is 0 Å². The molecular formula is C13H17BrO2. The Morgan fingerprint density at radius 2 is 2.00 bits per heavy atom. The van der Waals surface area contributed by atoms with Crippen LogP contribution in [0.15, 0.2) is 16.6 Å². The van der Waals surface area contributed by atoms with Crippen molar-refractivity contribution in [2.75, 3.05) is 0 Å². The van der Waals surface area contributed by atoms with Gasteiger partial charge in [-0.25, -0.2) is 0 Å². The van der Waals surface area contributed by atoms with Crippen LogP contribution in [0, 0.1) is 0 Å². The molecular weight excluding hydrogens is 268 g/mol. The van der Waals surface area contributed by atoms with Crippen LogP contribution < -0.4 is 0 Å². The van der Waals surface area contributed by atoms with Crippen molar-refractivity contribution in [3.05, 3.63) is 27.7 Å². The van der Waals surface area contributed by atoms with Crippen molar-refractivity contribution < 1.29 is 9.90 Å². The Bertz CT molecular complexity index is 392. The van der Waals surface area contributed by atoms with Gasteiger partial charge in [0.1, 0.15) is 12.0 Å². The van der Waals surface area contributed by atoms with Crippen molar-refractivity contribution in [3.63, 3.8) is 0 Å². The Labute approximate surface area is 105 Å². The number of aromatic hydroxyl groups is 1. The third kappa shape index (κ3) is 3.08. The van der Waals surface area contributed by atoms with E-state index in [-0.39, 0.29) is 5.41 Å². The number of rotatable bonds is 3. The first-order valence-corrected chi connectivity index (χ1v) is 6.11. The number of phenols is 1. The number of hydrogen-bond donors (Lipinski definition) is 1.